The second-order valence-corrected chi connectivity index (χ2v) is 22.0. The highest BCUT2D eigenvalue weighted by atomic mass is 31.2. The number of hydrogen-bond donors (Lipinski definition) is 2. The van der Waals surface area contributed by atoms with Gasteiger partial charge in [-0.05, 0) is 37.0 Å². The number of anilines is 1. The van der Waals surface area contributed by atoms with Gasteiger partial charge in [-0.15, -0.1) is 6.42 Å². The molecule has 2 unspecified atom stereocenters. The van der Waals surface area contributed by atoms with Crippen molar-refractivity contribution in [3.8, 4) is 18.1 Å². The molecular weight excluding hydrogens is 971 g/mol. The molecule has 414 valence electrons. The zero-order chi connectivity index (χ0) is 53.4. The predicted octanol–water partition coefficient (Wildman–Crippen LogP) is 14.7. The first-order valence-electron chi connectivity index (χ1n) is 28.6. The number of rotatable bonds is 41. The van der Waals surface area contributed by atoms with Crippen LogP contribution >= 0.6 is 7.75 Å². The molecule has 0 radical (unpaired) electrons. The van der Waals surface area contributed by atoms with Gasteiger partial charge in [0.25, 0.3) is 0 Å². The van der Waals surface area contributed by atoms with Crippen molar-refractivity contribution in [2.45, 2.75) is 230 Å². The Kier molecular flexibility index (Phi) is 28.2. The Labute approximate surface area is 447 Å². The molecule has 14 nitrogen and oxygen atoms in total. The maximum absolute atomic E-state index is 15.2. The van der Waals surface area contributed by atoms with E-state index < -0.39 is 56.3 Å². The van der Waals surface area contributed by atoms with Crippen molar-refractivity contribution < 1.29 is 41.8 Å². The molecule has 0 amide bonds. The summed E-state index contributed by atoms with van der Waals surface area (Å²) in [5, 5.41) is 2.91. The smallest absolute Gasteiger partial charge is 0.459 e. The second kappa shape index (κ2) is 34.7. The number of nitrogens with one attached hydrogen (secondary N) is 1. The number of hydrogen-bond acceptors (Lipinski definition) is 12. The van der Waals surface area contributed by atoms with E-state index in [9.17, 15) is 14.0 Å². The topological polar surface area (TPSA) is 179 Å². The van der Waals surface area contributed by atoms with Crippen LogP contribution in [0.15, 0.2) is 67.0 Å². The Morgan fingerprint density at radius 2 is 1.31 bits per heavy atom. The van der Waals surface area contributed by atoms with Crippen LogP contribution in [-0.4, -0.2) is 62.4 Å². The summed E-state index contributed by atoms with van der Waals surface area (Å²) in [4.78, 5) is 39.4. The Bertz CT molecular complexity index is 2320. The number of para-hydroxylation sites is 1. The summed E-state index contributed by atoms with van der Waals surface area (Å²) in [6.07, 6.45) is 37.1. The second-order valence-electron chi connectivity index (χ2n) is 20.3. The summed E-state index contributed by atoms with van der Waals surface area (Å²) in [5.74, 6) is 1.52. The quantitative estimate of drug-likeness (QED) is 0.0141. The average Bonchev–Trinajstić information content (AvgIpc) is 4.00. The number of carbonyl (C=O) groups is 2. The van der Waals surface area contributed by atoms with Crippen LogP contribution in [0.25, 0.3) is 11.2 Å². The lowest BCUT2D eigenvalue weighted by Gasteiger charge is -2.31. The summed E-state index contributed by atoms with van der Waals surface area (Å²) < 4.78 is 62.1. The maximum atomic E-state index is 15.2. The van der Waals surface area contributed by atoms with Gasteiger partial charge in [0.1, 0.15) is 30.7 Å². The van der Waals surface area contributed by atoms with Gasteiger partial charge in [0.2, 0.25) is 0 Å². The van der Waals surface area contributed by atoms with Crippen molar-refractivity contribution in [3.63, 3.8) is 0 Å². The molecule has 5 atom stereocenters. The lowest BCUT2D eigenvalue weighted by molar-refractivity contribution is -0.158. The Hall–Kier alpha value is -4.87. The largest absolute Gasteiger partial charge is 0.465 e. The zero-order valence-electron chi connectivity index (χ0n) is 45.2. The minimum Gasteiger partial charge on any atom is -0.465 e. The first kappa shape index (κ1) is 61.0. The third kappa shape index (κ3) is 22.0. The molecule has 1 saturated heterocycles. The number of benzene rings is 2. The Balaban J connectivity index is 1.18. The van der Waals surface area contributed by atoms with E-state index in [-0.39, 0.29) is 48.6 Å². The normalized spacial score (nSPS) is 17.6. The number of imidazole rings is 1. The number of halogens is 1. The molecule has 5 rings (SSSR count). The van der Waals surface area contributed by atoms with E-state index in [0.29, 0.717) is 12.8 Å². The molecule has 2 aromatic heterocycles. The van der Waals surface area contributed by atoms with Crippen LogP contribution in [0.5, 0.6) is 5.75 Å². The molecule has 0 saturated carbocycles. The highest BCUT2D eigenvalue weighted by molar-refractivity contribution is 7.52. The van der Waals surface area contributed by atoms with Crippen molar-refractivity contribution in [1.29, 1.82) is 0 Å². The van der Waals surface area contributed by atoms with Gasteiger partial charge < -0.3 is 24.5 Å². The van der Waals surface area contributed by atoms with Crippen LogP contribution in [0.3, 0.4) is 0 Å². The van der Waals surface area contributed by atoms with Crippen molar-refractivity contribution in [2.75, 3.05) is 18.9 Å². The van der Waals surface area contributed by atoms with E-state index in [4.69, 9.17) is 35.4 Å². The van der Waals surface area contributed by atoms with Crippen LogP contribution in [-0.2, 0) is 39.3 Å². The van der Waals surface area contributed by atoms with Gasteiger partial charge >= 0.3 is 25.8 Å². The number of fused-ring (bicyclic) bond motifs is 1. The van der Waals surface area contributed by atoms with Crippen LogP contribution in [0, 0.1) is 18.4 Å². The number of nitrogens with two attached hydrogens (primary N) is 1. The van der Waals surface area contributed by atoms with E-state index in [1.165, 1.54) is 120 Å². The molecule has 75 heavy (non-hydrogen) atoms. The molecule has 1 fully saturated rings. The van der Waals surface area contributed by atoms with Gasteiger partial charge in [0.15, 0.2) is 22.6 Å². The molecule has 0 aliphatic carbocycles. The van der Waals surface area contributed by atoms with E-state index in [0.717, 1.165) is 56.9 Å². The lowest BCUT2D eigenvalue weighted by Crippen LogP contribution is -2.46. The maximum Gasteiger partial charge on any atom is 0.459 e. The van der Waals surface area contributed by atoms with Gasteiger partial charge in [-0.1, -0.05) is 229 Å². The molecule has 3 heterocycles. The van der Waals surface area contributed by atoms with E-state index in [1.807, 2.05) is 30.3 Å². The average molecular weight is 1060 g/mol. The molecule has 0 spiro atoms. The highest BCUT2D eigenvalue weighted by Crippen LogP contribution is 2.49. The SMILES string of the molecule is C#C[C@]1(COP(=O)(N[C@@H](Cc2ccccc2)C(=O)OCCCCCCCCCCCCCCCCCCCCCC)Oc2ccccc2)OC(n2cnc3c(N)nc(F)nc32)C[C@@H]1OC(=O)CCCCCCCCC. The number of nitrogens with zero attached hydrogens (tertiary/aromatic N) is 4. The standard InChI is InChI=1S/C59H88FN6O8P/c1-4-7-9-11-13-14-15-16-17-18-19-20-21-22-23-24-25-27-29-37-43-70-57(68)50(44-48-38-32-30-33-39-48)65-75(69,74-49-40-34-31-35-41-49)71-46-59(6-3)51(72-53(67)42-36-28-26-12-10-8-5-2)45-52(73-59)66-47-62-54-55(61)63-58(60)64-56(54)66/h3,30-35,38-41,47,50-52H,4-5,7-29,36-37,42-46H2,1-2H3,(H,65,69)(H2,61,63,64)/t50-,51-,52?,59+,75?/m0/s1. The number of esters is 2. The summed E-state index contributed by atoms with van der Waals surface area (Å²) in [6.45, 7) is 4.01. The van der Waals surface area contributed by atoms with Crippen molar-refractivity contribution in [2.24, 2.45) is 0 Å². The van der Waals surface area contributed by atoms with Crippen LogP contribution < -0.4 is 15.3 Å². The minimum atomic E-state index is -4.58. The third-order valence-electron chi connectivity index (χ3n) is 14.1. The fourth-order valence-electron chi connectivity index (χ4n) is 9.66. The molecule has 3 N–H and O–H groups in total. The summed E-state index contributed by atoms with van der Waals surface area (Å²) in [6, 6.07) is 16.5. The monoisotopic (exact) mass is 1060 g/mol. The number of ether oxygens (including phenoxy) is 3. The molecule has 1 aliphatic rings. The highest BCUT2D eigenvalue weighted by Gasteiger charge is 2.53. The van der Waals surface area contributed by atoms with Gasteiger partial charge in [0.05, 0.1) is 12.9 Å². The fraction of sp³-hybridized carbons (Fsp3) is 0.644. The fourth-order valence-corrected chi connectivity index (χ4v) is 11.2. The van der Waals surface area contributed by atoms with Gasteiger partial charge in [-0.2, -0.15) is 19.4 Å². The lowest BCUT2D eigenvalue weighted by atomic mass is 9.98. The number of aromatic nitrogens is 4. The molecule has 16 heteroatoms. The van der Waals surface area contributed by atoms with Crippen molar-refractivity contribution in [1.82, 2.24) is 24.6 Å². The van der Waals surface area contributed by atoms with Gasteiger partial charge in [-0.3, -0.25) is 18.7 Å². The number of unbranched alkanes of at least 4 members (excludes halogenated alkanes) is 25. The van der Waals surface area contributed by atoms with Gasteiger partial charge in [-0.25, -0.2) is 9.55 Å². The van der Waals surface area contributed by atoms with Crippen LogP contribution in [0.1, 0.15) is 212 Å². The molecular formula is C59H88FN6O8P. The first-order valence-corrected chi connectivity index (χ1v) is 30.1. The first-order chi connectivity index (χ1) is 36.6. The Morgan fingerprint density at radius 3 is 1.85 bits per heavy atom. The van der Waals surface area contributed by atoms with E-state index in [1.54, 1.807) is 30.3 Å². The van der Waals surface area contributed by atoms with Gasteiger partial charge in [0, 0.05) is 12.8 Å². The molecule has 1 aliphatic heterocycles. The van der Waals surface area contributed by atoms with Crippen molar-refractivity contribution >= 4 is 36.7 Å². The third-order valence-corrected chi connectivity index (χ3v) is 15.6. The minimum absolute atomic E-state index is 0.0318. The van der Waals surface area contributed by atoms with Crippen LogP contribution in [0.4, 0.5) is 10.2 Å². The predicted molar refractivity (Wildman–Crippen MR) is 295 cm³/mol. The number of nitrogen functional groups attached to an aromatic ring is 1. The summed E-state index contributed by atoms with van der Waals surface area (Å²) in [7, 11) is -4.58. The summed E-state index contributed by atoms with van der Waals surface area (Å²) >= 11 is 0. The van der Waals surface area contributed by atoms with E-state index in [2.05, 4.69) is 39.8 Å². The number of terminal acetylenes is 1. The zero-order valence-corrected chi connectivity index (χ0v) is 46.1. The Morgan fingerprint density at radius 1 is 0.787 bits per heavy atom. The molecule has 2 aromatic carbocycles. The summed E-state index contributed by atoms with van der Waals surface area (Å²) in [5.41, 5.74) is 5.06. The molecule has 0 bridgehead atoms. The van der Waals surface area contributed by atoms with Crippen LogP contribution in [0.2, 0.25) is 0 Å². The number of carbonyl (C=O) groups excluding carboxylic acids is 2. The molecule has 4 aromatic rings. The van der Waals surface area contributed by atoms with E-state index >= 15 is 4.57 Å². The van der Waals surface area contributed by atoms with Crippen molar-refractivity contribution in [3.05, 3.63) is 78.6 Å².